The lowest BCUT2D eigenvalue weighted by Crippen LogP contribution is -2.63. The summed E-state index contributed by atoms with van der Waals surface area (Å²) in [6.07, 6.45) is -0.804. The highest BCUT2D eigenvalue weighted by Gasteiger charge is 2.56. The predicted octanol–water partition coefficient (Wildman–Crippen LogP) is 1.09. The van der Waals surface area contributed by atoms with Gasteiger partial charge in [-0.3, -0.25) is 14.5 Å². The van der Waals surface area contributed by atoms with E-state index in [4.69, 9.17) is 19.0 Å². The number of nitrogens with one attached hydrogen (secondary N) is 1. The van der Waals surface area contributed by atoms with Crippen LogP contribution in [-0.2, 0) is 28.6 Å². The molecule has 3 aliphatic rings. The Morgan fingerprint density at radius 1 is 1.28 bits per heavy atom. The van der Waals surface area contributed by atoms with E-state index < -0.39 is 35.7 Å². The molecule has 3 aliphatic heterocycles. The van der Waals surface area contributed by atoms with Crippen molar-refractivity contribution in [3.05, 3.63) is 0 Å². The maximum Gasteiger partial charge on any atom is 0.329 e. The van der Waals surface area contributed by atoms with E-state index >= 15 is 0 Å². The molecule has 3 saturated heterocycles. The van der Waals surface area contributed by atoms with Crippen molar-refractivity contribution >= 4 is 11.9 Å². The highest BCUT2D eigenvalue weighted by Crippen LogP contribution is 2.38. The Balaban J connectivity index is 1.82. The van der Waals surface area contributed by atoms with Crippen LogP contribution in [0.2, 0.25) is 0 Å². The van der Waals surface area contributed by atoms with Gasteiger partial charge in [-0.15, -0.1) is 0 Å². The Hall–Kier alpha value is -1.22. The molecule has 3 rings (SSSR count). The Morgan fingerprint density at radius 2 is 1.92 bits per heavy atom. The zero-order valence-corrected chi connectivity index (χ0v) is 15.7. The number of ether oxygens (including phenoxy) is 3. The molecule has 0 aromatic heterocycles. The topological polar surface area (TPSA) is 86.3 Å². The van der Waals surface area contributed by atoms with E-state index in [0.29, 0.717) is 6.42 Å². The van der Waals surface area contributed by atoms with Crippen LogP contribution in [0.1, 0.15) is 54.4 Å². The van der Waals surface area contributed by atoms with Gasteiger partial charge < -0.3 is 14.2 Å². The molecule has 0 aliphatic carbocycles. The lowest BCUT2D eigenvalue weighted by Gasteiger charge is -2.41. The van der Waals surface area contributed by atoms with E-state index in [-0.39, 0.29) is 24.5 Å². The average Bonchev–Trinajstić information content (AvgIpc) is 2.98. The quantitative estimate of drug-likeness (QED) is 0.741. The fourth-order valence-electron chi connectivity index (χ4n) is 3.57. The average molecular weight is 356 g/mol. The van der Waals surface area contributed by atoms with Gasteiger partial charge in [0.2, 0.25) is 5.91 Å². The number of carbonyl (C=O) groups is 2. The van der Waals surface area contributed by atoms with Gasteiger partial charge in [-0.1, -0.05) is 0 Å². The summed E-state index contributed by atoms with van der Waals surface area (Å²) in [6, 6.07) is -0.777. The fourth-order valence-corrected chi connectivity index (χ4v) is 3.57. The van der Waals surface area contributed by atoms with Crippen LogP contribution in [0.25, 0.3) is 0 Å². The number of fused-ring (bicyclic) bond motifs is 1. The Bertz CT molecular complexity index is 558. The highest BCUT2D eigenvalue weighted by molar-refractivity contribution is 5.88. The summed E-state index contributed by atoms with van der Waals surface area (Å²) in [7, 11) is 0. The maximum atomic E-state index is 12.6. The third-order valence-corrected chi connectivity index (χ3v) is 4.52. The summed E-state index contributed by atoms with van der Waals surface area (Å²) < 4.78 is 17.4. The third kappa shape index (κ3) is 3.67. The van der Waals surface area contributed by atoms with Gasteiger partial charge in [0.15, 0.2) is 12.0 Å². The van der Waals surface area contributed by atoms with Crippen LogP contribution < -0.4 is 5.48 Å². The first kappa shape index (κ1) is 18.6. The zero-order valence-electron chi connectivity index (χ0n) is 15.7. The molecule has 8 heteroatoms. The molecule has 0 aromatic rings. The number of hydroxylamine groups is 1. The van der Waals surface area contributed by atoms with Crippen molar-refractivity contribution in [2.24, 2.45) is 0 Å². The lowest BCUT2D eigenvalue weighted by molar-refractivity contribution is -0.222. The van der Waals surface area contributed by atoms with Crippen molar-refractivity contribution in [1.29, 1.82) is 0 Å². The molecule has 3 heterocycles. The monoisotopic (exact) mass is 356 g/mol. The number of esters is 1. The summed E-state index contributed by atoms with van der Waals surface area (Å²) in [5.74, 6) is -1.35. The first-order valence-corrected chi connectivity index (χ1v) is 8.79. The standard InChI is InChI=1S/C17H28N2O6/c1-9-12-13(23-17(5,6)22-12)14(25-18-9)19-10(7-8-11(19)20)15(21)24-16(2,3)4/h9-10,12-14,18H,7-8H2,1-6H3/t9-,10+,12+,13+,14+/m0/s1. The second-order valence-electron chi connectivity index (χ2n) is 8.37. The SMILES string of the molecule is C[C@@H]1NO[C@@H](N2C(=O)CC[C@@H]2C(=O)OC(C)(C)C)[C@@H]2OC(C)(C)O[C@@H]21. The second kappa shape index (κ2) is 6.19. The van der Waals surface area contributed by atoms with Crippen LogP contribution in [0.5, 0.6) is 0 Å². The molecular weight excluding hydrogens is 328 g/mol. The van der Waals surface area contributed by atoms with Crippen molar-refractivity contribution in [3.8, 4) is 0 Å². The Labute approximate surface area is 148 Å². The molecular formula is C17H28N2O6. The normalized spacial score (nSPS) is 37.9. The van der Waals surface area contributed by atoms with Gasteiger partial charge in [-0.25, -0.2) is 4.79 Å². The molecule has 0 saturated carbocycles. The third-order valence-electron chi connectivity index (χ3n) is 4.52. The molecule has 8 nitrogen and oxygen atoms in total. The maximum absolute atomic E-state index is 12.6. The first-order chi connectivity index (χ1) is 11.5. The van der Waals surface area contributed by atoms with Gasteiger partial charge in [0.1, 0.15) is 23.9 Å². The minimum Gasteiger partial charge on any atom is -0.458 e. The fraction of sp³-hybridized carbons (Fsp3) is 0.882. The van der Waals surface area contributed by atoms with Crippen LogP contribution >= 0.6 is 0 Å². The van der Waals surface area contributed by atoms with Crippen molar-refractivity contribution in [1.82, 2.24) is 10.4 Å². The molecule has 1 N–H and O–H groups in total. The van der Waals surface area contributed by atoms with Gasteiger partial charge in [0.05, 0.1) is 6.04 Å². The Kier molecular flexibility index (Phi) is 4.60. The molecule has 3 fully saturated rings. The van der Waals surface area contributed by atoms with Gasteiger partial charge in [-0.05, 0) is 48.0 Å². The van der Waals surface area contributed by atoms with Gasteiger partial charge in [-0.2, -0.15) is 5.48 Å². The van der Waals surface area contributed by atoms with E-state index in [1.165, 1.54) is 4.90 Å². The van der Waals surface area contributed by atoms with E-state index in [9.17, 15) is 9.59 Å². The molecule has 5 atom stereocenters. The smallest absolute Gasteiger partial charge is 0.329 e. The number of likely N-dealkylation sites (tertiary alicyclic amines) is 1. The molecule has 0 aromatic carbocycles. The van der Waals surface area contributed by atoms with Gasteiger partial charge >= 0.3 is 5.97 Å². The van der Waals surface area contributed by atoms with Crippen LogP contribution in [0.3, 0.4) is 0 Å². The first-order valence-electron chi connectivity index (χ1n) is 8.79. The number of amides is 1. The van der Waals surface area contributed by atoms with E-state index in [2.05, 4.69) is 5.48 Å². The van der Waals surface area contributed by atoms with Crippen LogP contribution in [0, 0.1) is 0 Å². The lowest BCUT2D eigenvalue weighted by atomic mass is 10.0. The summed E-state index contributed by atoms with van der Waals surface area (Å²) in [5.41, 5.74) is 2.28. The number of hydrogen-bond donors (Lipinski definition) is 1. The molecule has 1 amide bonds. The summed E-state index contributed by atoms with van der Waals surface area (Å²) >= 11 is 0. The van der Waals surface area contributed by atoms with Crippen molar-refractivity contribution in [2.45, 2.75) is 96.3 Å². The summed E-state index contributed by atoms with van der Waals surface area (Å²) in [6.45, 7) is 11.0. The van der Waals surface area contributed by atoms with Gasteiger partial charge in [0, 0.05) is 6.42 Å². The van der Waals surface area contributed by atoms with Crippen LogP contribution in [-0.4, -0.2) is 58.7 Å². The molecule has 0 unspecified atom stereocenters. The van der Waals surface area contributed by atoms with Crippen LogP contribution in [0.4, 0.5) is 0 Å². The summed E-state index contributed by atoms with van der Waals surface area (Å²) in [4.78, 5) is 32.2. The number of carbonyl (C=O) groups excluding carboxylic acids is 2. The minimum atomic E-state index is -0.776. The highest BCUT2D eigenvalue weighted by atomic mass is 16.8. The minimum absolute atomic E-state index is 0.0966. The number of nitrogens with zero attached hydrogens (tertiary/aromatic N) is 1. The van der Waals surface area contributed by atoms with E-state index in [1.54, 1.807) is 20.8 Å². The number of hydrogen-bond acceptors (Lipinski definition) is 7. The molecule has 0 bridgehead atoms. The number of rotatable bonds is 2. The second-order valence-corrected chi connectivity index (χ2v) is 8.37. The van der Waals surface area contributed by atoms with Gasteiger partial charge in [0.25, 0.3) is 0 Å². The van der Waals surface area contributed by atoms with Crippen LogP contribution in [0.15, 0.2) is 0 Å². The van der Waals surface area contributed by atoms with E-state index in [1.807, 2.05) is 20.8 Å². The molecule has 0 spiro atoms. The van der Waals surface area contributed by atoms with Crippen molar-refractivity contribution in [3.63, 3.8) is 0 Å². The molecule has 25 heavy (non-hydrogen) atoms. The van der Waals surface area contributed by atoms with E-state index in [0.717, 1.165) is 0 Å². The Morgan fingerprint density at radius 3 is 2.56 bits per heavy atom. The van der Waals surface area contributed by atoms with Crippen molar-refractivity contribution < 1.29 is 28.6 Å². The predicted molar refractivity (Wildman–Crippen MR) is 87.0 cm³/mol. The zero-order chi connectivity index (χ0) is 18.6. The van der Waals surface area contributed by atoms with Crippen molar-refractivity contribution in [2.75, 3.05) is 0 Å². The molecule has 142 valence electrons. The largest absolute Gasteiger partial charge is 0.458 e. The molecule has 0 radical (unpaired) electrons. The summed E-state index contributed by atoms with van der Waals surface area (Å²) in [5, 5.41) is 0.